The first-order chi connectivity index (χ1) is 6.69. The van der Waals surface area contributed by atoms with E-state index in [4.69, 9.17) is 5.73 Å². The maximum Gasteiger partial charge on any atom is 0.0693 e. The lowest BCUT2D eigenvalue weighted by Crippen LogP contribution is -2.48. The Morgan fingerprint density at radius 2 is 2.29 bits per heavy atom. The lowest BCUT2D eigenvalue weighted by Gasteiger charge is -2.39. The Morgan fingerprint density at radius 3 is 2.79 bits per heavy atom. The van der Waals surface area contributed by atoms with Crippen LogP contribution in [0, 0.1) is 5.92 Å². The summed E-state index contributed by atoms with van der Waals surface area (Å²) in [5, 5.41) is 9.79. The van der Waals surface area contributed by atoms with Crippen LogP contribution in [0.2, 0.25) is 0 Å². The molecule has 1 heterocycles. The van der Waals surface area contributed by atoms with Crippen molar-refractivity contribution < 1.29 is 5.11 Å². The predicted octanol–water partition coefficient (Wildman–Crippen LogP) is 0.817. The summed E-state index contributed by atoms with van der Waals surface area (Å²) in [6.45, 7) is 7.04. The molecule has 0 saturated carbocycles. The fraction of sp³-hybridized carbons (Fsp3) is 1.00. The third kappa shape index (κ3) is 2.94. The van der Waals surface area contributed by atoms with E-state index in [1.165, 1.54) is 0 Å². The van der Waals surface area contributed by atoms with Crippen LogP contribution in [0.4, 0.5) is 0 Å². The molecule has 14 heavy (non-hydrogen) atoms. The first kappa shape index (κ1) is 12.0. The molecule has 1 rings (SSSR count). The van der Waals surface area contributed by atoms with Crippen molar-refractivity contribution in [3.63, 3.8) is 0 Å². The van der Waals surface area contributed by atoms with Crippen LogP contribution >= 0.6 is 0 Å². The van der Waals surface area contributed by atoms with Crippen LogP contribution in [0.15, 0.2) is 0 Å². The van der Waals surface area contributed by atoms with Crippen molar-refractivity contribution in [2.24, 2.45) is 11.7 Å². The fourth-order valence-electron chi connectivity index (χ4n) is 2.24. The Kier molecular flexibility index (Phi) is 4.85. The molecule has 3 N–H and O–H groups in total. The molecule has 0 aromatic carbocycles. The van der Waals surface area contributed by atoms with E-state index < -0.39 is 0 Å². The molecule has 1 saturated heterocycles. The number of aliphatic hydroxyl groups is 1. The third-order valence-electron chi connectivity index (χ3n) is 3.44. The summed E-state index contributed by atoms with van der Waals surface area (Å²) in [5.74, 6) is 0.460. The molecule has 84 valence electrons. The molecule has 0 spiro atoms. The van der Waals surface area contributed by atoms with Gasteiger partial charge in [0.2, 0.25) is 0 Å². The zero-order valence-electron chi connectivity index (χ0n) is 9.45. The minimum Gasteiger partial charge on any atom is -0.392 e. The highest BCUT2D eigenvalue weighted by atomic mass is 16.3. The molecule has 0 radical (unpaired) electrons. The minimum atomic E-state index is -0.143. The molecule has 0 amide bonds. The van der Waals surface area contributed by atoms with Crippen LogP contribution in [0.1, 0.15) is 33.1 Å². The van der Waals surface area contributed by atoms with Crippen LogP contribution < -0.4 is 5.73 Å². The van der Waals surface area contributed by atoms with Crippen molar-refractivity contribution in [3.8, 4) is 0 Å². The van der Waals surface area contributed by atoms with Crippen LogP contribution in [0.3, 0.4) is 0 Å². The molecular weight excluding hydrogens is 176 g/mol. The number of nitrogens with two attached hydrogens (primary N) is 1. The van der Waals surface area contributed by atoms with Crippen molar-refractivity contribution in [3.05, 3.63) is 0 Å². The molecule has 1 aliphatic rings. The molecule has 1 fully saturated rings. The van der Waals surface area contributed by atoms with Gasteiger partial charge in [-0.2, -0.15) is 0 Å². The molecule has 3 unspecified atom stereocenters. The lowest BCUT2D eigenvalue weighted by molar-refractivity contribution is 0.00800. The molecule has 0 aromatic rings. The van der Waals surface area contributed by atoms with Crippen molar-refractivity contribution >= 4 is 0 Å². The maximum atomic E-state index is 9.79. The topological polar surface area (TPSA) is 49.5 Å². The zero-order chi connectivity index (χ0) is 10.6. The van der Waals surface area contributed by atoms with Gasteiger partial charge in [-0.1, -0.05) is 13.8 Å². The smallest absolute Gasteiger partial charge is 0.0693 e. The standard InChI is InChI=1S/C11H24N2O/c1-3-10(4-6-12)13-7-5-9(2)11(14)8-13/h9-11,14H,3-8,12H2,1-2H3. The average Bonchev–Trinajstić information content (AvgIpc) is 2.19. The van der Waals surface area contributed by atoms with Crippen LogP contribution in [0.25, 0.3) is 0 Å². The number of hydrogen-bond donors (Lipinski definition) is 2. The summed E-state index contributed by atoms with van der Waals surface area (Å²) in [6.07, 6.45) is 3.16. The summed E-state index contributed by atoms with van der Waals surface area (Å²) < 4.78 is 0. The SMILES string of the molecule is CCC(CCN)N1CCC(C)C(O)C1. The van der Waals surface area contributed by atoms with Gasteiger partial charge in [-0.3, -0.25) is 4.90 Å². The molecule has 0 aliphatic carbocycles. The molecule has 0 bridgehead atoms. The Hall–Kier alpha value is -0.120. The van der Waals surface area contributed by atoms with Crippen molar-refractivity contribution in [1.82, 2.24) is 4.90 Å². The van der Waals surface area contributed by atoms with Gasteiger partial charge in [0.15, 0.2) is 0 Å². The number of nitrogens with zero attached hydrogens (tertiary/aromatic N) is 1. The van der Waals surface area contributed by atoms with E-state index in [2.05, 4.69) is 18.7 Å². The predicted molar refractivity (Wildman–Crippen MR) is 59.1 cm³/mol. The quantitative estimate of drug-likeness (QED) is 0.706. The first-order valence-corrected chi connectivity index (χ1v) is 5.81. The maximum absolute atomic E-state index is 9.79. The average molecular weight is 200 g/mol. The second kappa shape index (κ2) is 5.69. The van der Waals surface area contributed by atoms with Crippen molar-refractivity contribution in [1.29, 1.82) is 0 Å². The monoisotopic (exact) mass is 200 g/mol. The van der Waals surface area contributed by atoms with E-state index in [-0.39, 0.29) is 6.10 Å². The van der Waals surface area contributed by atoms with Gasteiger partial charge in [-0.05, 0) is 38.3 Å². The Labute approximate surface area is 87.3 Å². The highest BCUT2D eigenvalue weighted by Gasteiger charge is 2.27. The Bertz CT molecular complexity index is 163. The number of piperidine rings is 1. The molecular formula is C11H24N2O. The minimum absolute atomic E-state index is 0.143. The summed E-state index contributed by atoms with van der Waals surface area (Å²) in [7, 11) is 0. The van der Waals surface area contributed by atoms with E-state index >= 15 is 0 Å². The Morgan fingerprint density at radius 1 is 1.57 bits per heavy atom. The number of aliphatic hydroxyl groups excluding tert-OH is 1. The van der Waals surface area contributed by atoms with Gasteiger partial charge in [-0.25, -0.2) is 0 Å². The second-order valence-corrected chi connectivity index (χ2v) is 4.47. The van der Waals surface area contributed by atoms with Gasteiger partial charge in [0.1, 0.15) is 0 Å². The van der Waals surface area contributed by atoms with Gasteiger partial charge < -0.3 is 10.8 Å². The number of hydrogen-bond acceptors (Lipinski definition) is 3. The highest BCUT2D eigenvalue weighted by molar-refractivity contribution is 4.81. The zero-order valence-corrected chi connectivity index (χ0v) is 9.45. The van der Waals surface area contributed by atoms with Gasteiger partial charge >= 0.3 is 0 Å². The number of likely N-dealkylation sites (tertiary alicyclic amines) is 1. The normalized spacial score (nSPS) is 31.7. The van der Waals surface area contributed by atoms with E-state index in [9.17, 15) is 5.11 Å². The number of rotatable bonds is 4. The van der Waals surface area contributed by atoms with Gasteiger partial charge in [0, 0.05) is 12.6 Å². The second-order valence-electron chi connectivity index (χ2n) is 4.47. The number of β-amino-alcohol motifs (C(OH)–C–C–N with tert-alkyl or cyclic N) is 1. The van der Waals surface area contributed by atoms with Crippen LogP contribution in [0.5, 0.6) is 0 Å². The van der Waals surface area contributed by atoms with E-state index in [1.54, 1.807) is 0 Å². The third-order valence-corrected chi connectivity index (χ3v) is 3.44. The van der Waals surface area contributed by atoms with Gasteiger partial charge in [0.25, 0.3) is 0 Å². The summed E-state index contributed by atoms with van der Waals surface area (Å²) in [5.41, 5.74) is 5.58. The van der Waals surface area contributed by atoms with Crippen molar-refractivity contribution in [2.45, 2.75) is 45.3 Å². The largest absolute Gasteiger partial charge is 0.392 e. The summed E-state index contributed by atoms with van der Waals surface area (Å²) in [4.78, 5) is 2.40. The van der Waals surface area contributed by atoms with E-state index in [1.807, 2.05) is 0 Å². The molecule has 3 nitrogen and oxygen atoms in total. The molecule has 3 atom stereocenters. The first-order valence-electron chi connectivity index (χ1n) is 5.81. The lowest BCUT2D eigenvalue weighted by atomic mass is 9.94. The van der Waals surface area contributed by atoms with Crippen LogP contribution in [-0.4, -0.2) is 41.8 Å². The Balaban J connectivity index is 2.43. The van der Waals surface area contributed by atoms with Gasteiger partial charge in [0.05, 0.1) is 6.10 Å². The van der Waals surface area contributed by atoms with E-state index in [0.717, 1.165) is 38.9 Å². The molecule has 1 aliphatic heterocycles. The van der Waals surface area contributed by atoms with Crippen LogP contribution in [-0.2, 0) is 0 Å². The molecule has 0 aromatic heterocycles. The van der Waals surface area contributed by atoms with Gasteiger partial charge in [-0.15, -0.1) is 0 Å². The fourth-order valence-corrected chi connectivity index (χ4v) is 2.24. The van der Waals surface area contributed by atoms with Crippen molar-refractivity contribution in [2.75, 3.05) is 19.6 Å². The summed E-state index contributed by atoms with van der Waals surface area (Å²) in [6, 6.07) is 0.571. The summed E-state index contributed by atoms with van der Waals surface area (Å²) >= 11 is 0. The van der Waals surface area contributed by atoms with E-state index in [0.29, 0.717) is 12.0 Å². The highest BCUT2D eigenvalue weighted by Crippen LogP contribution is 2.20. The molecule has 3 heteroatoms.